The Morgan fingerprint density at radius 3 is 2.62 bits per heavy atom. The van der Waals surface area contributed by atoms with Crippen molar-refractivity contribution in [3.05, 3.63) is 0 Å². The van der Waals surface area contributed by atoms with E-state index in [-0.39, 0.29) is 11.9 Å². The van der Waals surface area contributed by atoms with E-state index in [1.165, 1.54) is 6.42 Å². The first-order valence-electron chi connectivity index (χ1n) is 6.38. The van der Waals surface area contributed by atoms with Crippen molar-refractivity contribution >= 4 is 5.97 Å². The summed E-state index contributed by atoms with van der Waals surface area (Å²) in [5.41, 5.74) is 5.59. The number of rotatable bonds is 3. The molecule has 0 radical (unpaired) electrons. The minimum absolute atomic E-state index is 0.208. The molecule has 2 N–H and O–H groups in total. The highest BCUT2D eigenvalue weighted by atomic mass is 16.5. The second-order valence-electron chi connectivity index (χ2n) is 5.50. The molecule has 0 aliphatic heterocycles. The highest BCUT2D eigenvalue weighted by molar-refractivity contribution is 5.81. The highest BCUT2D eigenvalue weighted by Crippen LogP contribution is 2.40. The first-order valence-corrected chi connectivity index (χ1v) is 6.38. The Labute approximate surface area is 98.7 Å². The van der Waals surface area contributed by atoms with Gasteiger partial charge in [0.05, 0.1) is 6.61 Å². The molecule has 0 spiro atoms. The van der Waals surface area contributed by atoms with Gasteiger partial charge in [-0.25, -0.2) is 0 Å². The predicted molar refractivity (Wildman–Crippen MR) is 64.9 cm³/mol. The first kappa shape index (κ1) is 13.5. The van der Waals surface area contributed by atoms with Crippen LogP contribution < -0.4 is 5.73 Å². The molecular weight excluding hydrogens is 202 g/mol. The standard InChI is InChI=1S/C13H25NO2/c1-5-16-12(15)13(14)8-10(4)6-7-11(13)9(2)3/h9-11H,5-8,14H2,1-4H3. The van der Waals surface area contributed by atoms with Crippen molar-refractivity contribution in [3.63, 3.8) is 0 Å². The molecule has 0 bridgehead atoms. The van der Waals surface area contributed by atoms with Crippen LogP contribution in [0.3, 0.4) is 0 Å². The number of ether oxygens (including phenoxy) is 1. The zero-order chi connectivity index (χ0) is 12.3. The normalized spacial score (nSPS) is 35.1. The van der Waals surface area contributed by atoms with E-state index >= 15 is 0 Å². The van der Waals surface area contributed by atoms with Gasteiger partial charge in [0, 0.05) is 0 Å². The molecule has 1 saturated carbocycles. The molecule has 3 unspecified atom stereocenters. The highest BCUT2D eigenvalue weighted by Gasteiger charge is 2.47. The van der Waals surface area contributed by atoms with Crippen LogP contribution in [0.15, 0.2) is 0 Å². The Kier molecular flexibility index (Phi) is 4.36. The first-order chi connectivity index (χ1) is 7.41. The van der Waals surface area contributed by atoms with Crippen molar-refractivity contribution in [2.45, 2.75) is 52.5 Å². The van der Waals surface area contributed by atoms with Crippen LogP contribution in [0.5, 0.6) is 0 Å². The van der Waals surface area contributed by atoms with Crippen LogP contribution in [0.25, 0.3) is 0 Å². The Bertz CT molecular complexity index is 252. The van der Waals surface area contributed by atoms with Gasteiger partial charge in [0.15, 0.2) is 0 Å². The number of hydrogen-bond acceptors (Lipinski definition) is 3. The second kappa shape index (κ2) is 5.17. The van der Waals surface area contributed by atoms with Crippen LogP contribution in [0.2, 0.25) is 0 Å². The minimum atomic E-state index is -0.762. The average molecular weight is 227 g/mol. The molecule has 0 heterocycles. The zero-order valence-corrected chi connectivity index (χ0v) is 11.0. The van der Waals surface area contributed by atoms with Crippen LogP contribution in [0.4, 0.5) is 0 Å². The lowest BCUT2D eigenvalue weighted by molar-refractivity contribution is -0.155. The molecule has 0 aromatic heterocycles. The fourth-order valence-corrected chi connectivity index (χ4v) is 2.98. The largest absolute Gasteiger partial charge is 0.465 e. The maximum Gasteiger partial charge on any atom is 0.326 e. The van der Waals surface area contributed by atoms with E-state index in [0.29, 0.717) is 18.4 Å². The molecule has 3 heteroatoms. The lowest BCUT2D eigenvalue weighted by atomic mass is 9.65. The van der Waals surface area contributed by atoms with Crippen LogP contribution in [-0.2, 0) is 9.53 Å². The zero-order valence-electron chi connectivity index (χ0n) is 11.0. The van der Waals surface area contributed by atoms with Crippen molar-refractivity contribution < 1.29 is 9.53 Å². The van der Waals surface area contributed by atoms with E-state index in [2.05, 4.69) is 20.8 Å². The maximum absolute atomic E-state index is 12.0. The lowest BCUT2D eigenvalue weighted by Gasteiger charge is -2.43. The van der Waals surface area contributed by atoms with Gasteiger partial charge in [-0.05, 0) is 37.5 Å². The third-order valence-electron chi connectivity index (χ3n) is 3.78. The SMILES string of the molecule is CCOC(=O)C1(N)CC(C)CCC1C(C)C. The van der Waals surface area contributed by atoms with Gasteiger partial charge >= 0.3 is 5.97 Å². The molecule has 16 heavy (non-hydrogen) atoms. The molecule has 3 nitrogen and oxygen atoms in total. The molecule has 1 aliphatic rings. The molecule has 94 valence electrons. The average Bonchev–Trinajstić information content (AvgIpc) is 2.17. The van der Waals surface area contributed by atoms with Crippen molar-refractivity contribution in [2.24, 2.45) is 23.5 Å². The second-order valence-corrected chi connectivity index (χ2v) is 5.50. The Morgan fingerprint density at radius 2 is 2.12 bits per heavy atom. The van der Waals surface area contributed by atoms with Crippen LogP contribution >= 0.6 is 0 Å². The molecule has 3 atom stereocenters. The minimum Gasteiger partial charge on any atom is -0.465 e. The van der Waals surface area contributed by atoms with E-state index in [1.807, 2.05) is 6.92 Å². The van der Waals surface area contributed by atoms with Crippen LogP contribution in [-0.4, -0.2) is 18.1 Å². The molecule has 0 aromatic rings. The molecule has 1 aliphatic carbocycles. The molecule has 0 amide bonds. The van der Waals surface area contributed by atoms with Gasteiger partial charge < -0.3 is 10.5 Å². The molecule has 0 aromatic carbocycles. The van der Waals surface area contributed by atoms with Gasteiger partial charge in [-0.1, -0.05) is 27.2 Å². The summed E-state index contributed by atoms with van der Waals surface area (Å²) in [4.78, 5) is 12.0. The Hall–Kier alpha value is -0.570. The summed E-state index contributed by atoms with van der Waals surface area (Å²) in [5, 5.41) is 0. The van der Waals surface area contributed by atoms with E-state index in [9.17, 15) is 4.79 Å². The monoisotopic (exact) mass is 227 g/mol. The summed E-state index contributed by atoms with van der Waals surface area (Å²) in [6, 6.07) is 0. The lowest BCUT2D eigenvalue weighted by Crippen LogP contribution is -2.59. The van der Waals surface area contributed by atoms with E-state index < -0.39 is 5.54 Å². The van der Waals surface area contributed by atoms with Crippen molar-refractivity contribution in [1.82, 2.24) is 0 Å². The van der Waals surface area contributed by atoms with Gasteiger partial charge in [-0.2, -0.15) is 0 Å². The number of carbonyl (C=O) groups is 1. The van der Waals surface area contributed by atoms with Gasteiger partial charge in [0.25, 0.3) is 0 Å². The smallest absolute Gasteiger partial charge is 0.326 e. The van der Waals surface area contributed by atoms with E-state index in [0.717, 1.165) is 12.8 Å². The van der Waals surface area contributed by atoms with Crippen molar-refractivity contribution in [1.29, 1.82) is 0 Å². The predicted octanol–water partition coefficient (Wildman–Crippen LogP) is 2.34. The Balaban J connectivity index is 2.87. The summed E-state index contributed by atoms with van der Waals surface area (Å²) < 4.78 is 5.15. The molecule has 1 rings (SSSR count). The number of nitrogens with two attached hydrogens (primary N) is 1. The quantitative estimate of drug-likeness (QED) is 0.753. The third-order valence-corrected chi connectivity index (χ3v) is 3.78. The fraction of sp³-hybridized carbons (Fsp3) is 0.923. The summed E-state index contributed by atoms with van der Waals surface area (Å²) in [5.74, 6) is 0.995. The molecule has 0 saturated heterocycles. The van der Waals surface area contributed by atoms with E-state index in [1.54, 1.807) is 0 Å². The van der Waals surface area contributed by atoms with Gasteiger partial charge in [0.1, 0.15) is 5.54 Å². The van der Waals surface area contributed by atoms with E-state index in [4.69, 9.17) is 10.5 Å². The number of esters is 1. The topological polar surface area (TPSA) is 52.3 Å². The molecule has 1 fully saturated rings. The summed E-state index contributed by atoms with van der Waals surface area (Å²) >= 11 is 0. The fourth-order valence-electron chi connectivity index (χ4n) is 2.98. The number of carbonyl (C=O) groups excluding carboxylic acids is 1. The summed E-state index contributed by atoms with van der Waals surface area (Å²) in [6.07, 6.45) is 2.96. The summed E-state index contributed by atoms with van der Waals surface area (Å²) in [7, 11) is 0. The molecular formula is C13H25NO2. The van der Waals surface area contributed by atoms with Crippen molar-refractivity contribution in [2.75, 3.05) is 6.61 Å². The van der Waals surface area contributed by atoms with Gasteiger partial charge in [-0.15, -0.1) is 0 Å². The third kappa shape index (κ3) is 2.57. The summed E-state index contributed by atoms with van der Waals surface area (Å²) in [6.45, 7) is 8.69. The maximum atomic E-state index is 12.0. The number of hydrogen-bond donors (Lipinski definition) is 1. The van der Waals surface area contributed by atoms with Crippen molar-refractivity contribution in [3.8, 4) is 0 Å². The van der Waals surface area contributed by atoms with Crippen LogP contribution in [0.1, 0.15) is 47.0 Å². The van der Waals surface area contributed by atoms with Crippen LogP contribution in [0, 0.1) is 17.8 Å². The Morgan fingerprint density at radius 1 is 1.50 bits per heavy atom. The van der Waals surface area contributed by atoms with Gasteiger partial charge in [0.2, 0.25) is 0 Å². The van der Waals surface area contributed by atoms with Gasteiger partial charge in [-0.3, -0.25) is 4.79 Å².